The second-order valence-electron chi connectivity index (χ2n) is 11.1. The number of carboxylic acids is 1. The van der Waals surface area contributed by atoms with Crippen LogP contribution < -0.4 is 9.47 Å². The van der Waals surface area contributed by atoms with E-state index < -0.39 is 29.2 Å². The maximum absolute atomic E-state index is 15.7. The average molecular weight is 612 g/mol. The molecule has 11 heteroatoms. The zero-order valence-corrected chi connectivity index (χ0v) is 23.8. The molecule has 1 aromatic heterocycles. The third-order valence-electron chi connectivity index (χ3n) is 8.21. The van der Waals surface area contributed by atoms with Crippen molar-refractivity contribution in [3.8, 4) is 28.7 Å². The van der Waals surface area contributed by atoms with Gasteiger partial charge in [0.15, 0.2) is 11.5 Å². The van der Waals surface area contributed by atoms with Crippen LogP contribution in [0.1, 0.15) is 46.2 Å². The van der Waals surface area contributed by atoms with E-state index in [1.54, 1.807) is 28.8 Å². The summed E-state index contributed by atoms with van der Waals surface area (Å²) in [6, 6.07) is 17.6. The van der Waals surface area contributed by atoms with Gasteiger partial charge in [-0.25, -0.2) is 22.9 Å². The van der Waals surface area contributed by atoms with Crippen molar-refractivity contribution < 1.29 is 37.3 Å². The first-order valence-electron chi connectivity index (χ1n) is 14.2. The maximum atomic E-state index is 15.7. The highest BCUT2D eigenvalue weighted by Gasteiger charge is 2.42. The molecule has 7 rings (SSSR count). The van der Waals surface area contributed by atoms with Crippen molar-refractivity contribution in [3.63, 3.8) is 0 Å². The second kappa shape index (κ2) is 10.7. The van der Waals surface area contributed by atoms with E-state index in [1.165, 1.54) is 43.3 Å². The first kappa shape index (κ1) is 28.4. The molecule has 0 saturated carbocycles. The number of fused-ring (bicyclic) bond motifs is 2. The molecule has 8 nitrogen and oxygen atoms in total. The Morgan fingerprint density at radius 2 is 1.84 bits per heavy atom. The summed E-state index contributed by atoms with van der Waals surface area (Å²) in [5, 5.41) is 18.6. The molecule has 4 aromatic carbocycles. The van der Waals surface area contributed by atoms with E-state index in [4.69, 9.17) is 19.5 Å². The molecule has 0 aliphatic carbocycles. The van der Waals surface area contributed by atoms with Crippen LogP contribution in [0.2, 0.25) is 0 Å². The van der Waals surface area contributed by atoms with E-state index in [2.05, 4.69) is 4.98 Å². The molecule has 0 radical (unpaired) electrons. The minimum atomic E-state index is -1.59. The minimum Gasteiger partial charge on any atom is -0.478 e. The van der Waals surface area contributed by atoms with Crippen molar-refractivity contribution in [1.29, 1.82) is 5.26 Å². The quantitative estimate of drug-likeness (QED) is 0.218. The lowest BCUT2D eigenvalue weighted by atomic mass is 10.00. The molecule has 1 fully saturated rings. The van der Waals surface area contributed by atoms with Gasteiger partial charge in [0.25, 0.3) is 5.79 Å². The Balaban J connectivity index is 1.23. The number of imidazole rings is 1. The summed E-state index contributed by atoms with van der Waals surface area (Å²) >= 11 is 0. The number of aromatic nitrogens is 2. The van der Waals surface area contributed by atoms with Gasteiger partial charge in [0.05, 0.1) is 46.4 Å². The lowest BCUT2D eigenvalue weighted by molar-refractivity contribution is -0.0705. The summed E-state index contributed by atoms with van der Waals surface area (Å²) in [6.45, 7) is 2.49. The smallest absolute Gasteiger partial charge is 0.335 e. The average Bonchev–Trinajstić information content (AvgIpc) is 3.52. The van der Waals surface area contributed by atoms with E-state index >= 15 is 8.78 Å². The number of halogens is 3. The normalized spacial score (nSPS) is 18.5. The molecule has 2 aliphatic heterocycles. The summed E-state index contributed by atoms with van der Waals surface area (Å²) in [7, 11) is 0. The zero-order chi connectivity index (χ0) is 31.5. The first-order valence-corrected chi connectivity index (χ1v) is 14.2. The molecule has 226 valence electrons. The topological polar surface area (TPSA) is 107 Å². The first-order chi connectivity index (χ1) is 21.6. The van der Waals surface area contributed by atoms with E-state index in [0.717, 1.165) is 12.5 Å². The van der Waals surface area contributed by atoms with E-state index in [1.807, 2.05) is 6.07 Å². The summed E-state index contributed by atoms with van der Waals surface area (Å²) in [4.78, 5) is 16.2. The van der Waals surface area contributed by atoms with Crippen molar-refractivity contribution in [1.82, 2.24) is 9.55 Å². The molecule has 45 heavy (non-hydrogen) atoms. The number of hydrogen-bond donors (Lipinski definition) is 1. The van der Waals surface area contributed by atoms with Crippen molar-refractivity contribution in [3.05, 3.63) is 112 Å². The number of carbonyl (C=O) groups is 1. The van der Waals surface area contributed by atoms with Crippen LogP contribution in [0.4, 0.5) is 13.2 Å². The van der Waals surface area contributed by atoms with Crippen LogP contribution in [0.25, 0.3) is 22.2 Å². The molecule has 0 bridgehead atoms. The predicted octanol–water partition coefficient (Wildman–Crippen LogP) is 6.71. The number of rotatable bonds is 7. The number of nitriles is 1. The summed E-state index contributed by atoms with van der Waals surface area (Å²) in [5.41, 5.74) is 1.62. The molecule has 1 N–H and O–H groups in total. The standard InChI is InChI=1S/C34H24F3N3O5/c1-34(24-7-5-18(16-38)11-27(24)37)44-30-4-2-3-22(32(30)45-34)20-12-25(35)23(26(36)13-20)15-31-39-28-8-6-19(33(41)42)14-29(28)40(31)17-21-9-10-43-21/h2-8,11-14,21H,9-10,15,17H2,1H3,(H,41,42). The molecule has 2 aliphatic rings. The van der Waals surface area contributed by atoms with Gasteiger partial charge in [-0.15, -0.1) is 0 Å². The van der Waals surface area contributed by atoms with Gasteiger partial charge in [-0.05, 0) is 66.6 Å². The number of carboxylic acid groups (broad SMARTS) is 1. The largest absolute Gasteiger partial charge is 0.478 e. The van der Waals surface area contributed by atoms with E-state index in [-0.39, 0.29) is 51.8 Å². The van der Waals surface area contributed by atoms with Gasteiger partial charge in [-0.2, -0.15) is 5.26 Å². The lowest BCUT2D eigenvalue weighted by Crippen LogP contribution is -2.32. The Hall–Kier alpha value is -5.34. The minimum absolute atomic E-state index is 0.0574. The van der Waals surface area contributed by atoms with Crippen molar-refractivity contribution in [2.45, 2.75) is 38.2 Å². The third-order valence-corrected chi connectivity index (χ3v) is 8.21. The molecule has 0 amide bonds. The number of ether oxygens (including phenoxy) is 3. The number of para-hydroxylation sites is 1. The molecule has 2 atom stereocenters. The Morgan fingerprint density at radius 3 is 2.51 bits per heavy atom. The molecular weight excluding hydrogens is 587 g/mol. The van der Waals surface area contributed by atoms with Gasteiger partial charge in [-0.3, -0.25) is 0 Å². The lowest BCUT2D eigenvalue weighted by Gasteiger charge is -2.27. The van der Waals surface area contributed by atoms with Crippen molar-refractivity contribution in [2.75, 3.05) is 6.61 Å². The molecule has 2 unspecified atom stereocenters. The second-order valence-corrected chi connectivity index (χ2v) is 11.1. The number of aromatic carboxylic acids is 1. The zero-order valence-electron chi connectivity index (χ0n) is 23.8. The van der Waals surface area contributed by atoms with Crippen LogP contribution >= 0.6 is 0 Å². The molecule has 1 saturated heterocycles. The highest BCUT2D eigenvalue weighted by molar-refractivity contribution is 5.92. The van der Waals surface area contributed by atoms with E-state index in [9.17, 15) is 14.3 Å². The van der Waals surface area contributed by atoms with E-state index in [0.29, 0.717) is 35.6 Å². The van der Waals surface area contributed by atoms with Gasteiger partial charge >= 0.3 is 5.97 Å². The molecule has 0 spiro atoms. The Labute approximate surface area is 254 Å². The van der Waals surface area contributed by atoms with Crippen LogP contribution in [0, 0.1) is 28.8 Å². The van der Waals surface area contributed by atoms with Gasteiger partial charge in [0, 0.05) is 31.1 Å². The maximum Gasteiger partial charge on any atom is 0.335 e. The van der Waals surface area contributed by atoms with Crippen LogP contribution in [0.5, 0.6) is 11.5 Å². The molecule has 3 heterocycles. The van der Waals surface area contributed by atoms with Gasteiger partial charge in [-0.1, -0.05) is 12.1 Å². The predicted molar refractivity (Wildman–Crippen MR) is 155 cm³/mol. The summed E-state index contributed by atoms with van der Waals surface area (Å²) in [5.74, 6) is -4.19. The van der Waals surface area contributed by atoms with Crippen LogP contribution in [-0.4, -0.2) is 33.3 Å². The number of hydrogen-bond acceptors (Lipinski definition) is 6. The van der Waals surface area contributed by atoms with Gasteiger partial charge < -0.3 is 23.9 Å². The number of benzene rings is 4. The Bertz CT molecular complexity index is 2040. The van der Waals surface area contributed by atoms with Gasteiger partial charge in [0.2, 0.25) is 0 Å². The van der Waals surface area contributed by atoms with Crippen LogP contribution in [0.3, 0.4) is 0 Å². The third kappa shape index (κ3) is 4.93. The monoisotopic (exact) mass is 611 g/mol. The Morgan fingerprint density at radius 1 is 1.07 bits per heavy atom. The summed E-state index contributed by atoms with van der Waals surface area (Å²) < 4.78 is 65.8. The Kier molecular flexibility index (Phi) is 6.75. The summed E-state index contributed by atoms with van der Waals surface area (Å²) in [6.07, 6.45) is 0.501. The fraction of sp³-hybridized carbons (Fsp3) is 0.206. The van der Waals surface area contributed by atoms with Crippen molar-refractivity contribution in [2.24, 2.45) is 0 Å². The molecule has 5 aromatic rings. The fourth-order valence-corrected chi connectivity index (χ4v) is 5.78. The van der Waals surface area contributed by atoms with Crippen LogP contribution in [-0.2, 0) is 23.5 Å². The fourth-order valence-electron chi connectivity index (χ4n) is 5.78. The highest BCUT2D eigenvalue weighted by atomic mass is 19.1. The molecular formula is C34H24F3N3O5. The van der Waals surface area contributed by atoms with Crippen molar-refractivity contribution >= 4 is 17.0 Å². The van der Waals surface area contributed by atoms with Gasteiger partial charge in [0.1, 0.15) is 23.3 Å². The highest BCUT2D eigenvalue weighted by Crippen LogP contribution is 2.49. The van der Waals surface area contributed by atoms with Crippen LogP contribution in [0.15, 0.2) is 66.7 Å². The SMILES string of the molecule is CC1(c2ccc(C#N)cc2F)Oc2cccc(-c3cc(F)c(Cc4nc5ccc(C(=O)O)cc5n4CC4CCO4)c(F)c3)c2O1. The number of nitrogens with zero attached hydrogens (tertiary/aromatic N) is 3.